The number of rotatable bonds is 7. The summed E-state index contributed by atoms with van der Waals surface area (Å²) in [7, 11) is 3.09. The Hall–Kier alpha value is -1.59. The first kappa shape index (κ1) is 16.5. The van der Waals surface area contributed by atoms with Gasteiger partial charge in [0.1, 0.15) is 11.4 Å². The maximum atomic E-state index is 12.4. The molecule has 5 nitrogen and oxygen atoms in total. The minimum absolute atomic E-state index is 0.0965. The molecule has 1 amide bonds. The van der Waals surface area contributed by atoms with Crippen LogP contribution in [-0.4, -0.2) is 48.9 Å². The molecule has 0 radical (unpaired) electrons. The van der Waals surface area contributed by atoms with Crippen LogP contribution in [0, 0.1) is 0 Å². The zero-order valence-electron chi connectivity index (χ0n) is 12.5. The lowest BCUT2D eigenvalue weighted by molar-refractivity contribution is -0.152. The lowest BCUT2D eigenvalue weighted by atomic mass is 10.1. The number of ether oxygens (including phenoxy) is 2. The quantitative estimate of drug-likeness (QED) is 0.821. The summed E-state index contributed by atoms with van der Waals surface area (Å²) in [5, 5.41) is 9.16. The molecule has 112 valence electrons. The first-order chi connectivity index (χ1) is 9.46. The van der Waals surface area contributed by atoms with E-state index in [9.17, 15) is 4.79 Å². The van der Waals surface area contributed by atoms with Crippen LogP contribution >= 0.6 is 0 Å². The molecule has 0 aliphatic carbocycles. The van der Waals surface area contributed by atoms with Crippen molar-refractivity contribution >= 4 is 5.91 Å². The van der Waals surface area contributed by atoms with Gasteiger partial charge >= 0.3 is 0 Å². The molecule has 0 saturated carbocycles. The van der Waals surface area contributed by atoms with E-state index < -0.39 is 5.60 Å². The van der Waals surface area contributed by atoms with Gasteiger partial charge in [0.05, 0.1) is 13.7 Å². The lowest BCUT2D eigenvalue weighted by Gasteiger charge is -2.31. The number of aliphatic hydroxyl groups excluding tert-OH is 1. The predicted molar refractivity (Wildman–Crippen MR) is 76.6 cm³/mol. The van der Waals surface area contributed by atoms with Gasteiger partial charge in [-0.3, -0.25) is 4.79 Å². The second kappa shape index (κ2) is 7.26. The highest BCUT2D eigenvalue weighted by molar-refractivity contribution is 5.84. The average Bonchev–Trinajstić information content (AvgIpc) is 2.46. The smallest absolute Gasteiger partial charge is 0.254 e. The normalized spacial score (nSPS) is 11.2. The van der Waals surface area contributed by atoms with Gasteiger partial charge in [-0.2, -0.15) is 0 Å². The summed E-state index contributed by atoms with van der Waals surface area (Å²) in [4.78, 5) is 14.0. The molecular weight excluding hydrogens is 258 g/mol. The minimum Gasteiger partial charge on any atom is -0.496 e. The SMILES string of the molecule is COc1ccccc1CN(CCO)C(=O)C(C)(C)OC. The Labute approximate surface area is 120 Å². The largest absolute Gasteiger partial charge is 0.496 e. The van der Waals surface area contributed by atoms with Gasteiger partial charge in [-0.15, -0.1) is 0 Å². The van der Waals surface area contributed by atoms with Gasteiger partial charge in [0.15, 0.2) is 0 Å². The van der Waals surface area contributed by atoms with Crippen molar-refractivity contribution in [2.75, 3.05) is 27.4 Å². The zero-order valence-corrected chi connectivity index (χ0v) is 12.5. The summed E-state index contributed by atoms with van der Waals surface area (Å²) in [6, 6.07) is 7.51. The van der Waals surface area contributed by atoms with Gasteiger partial charge in [-0.25, -0.2) is 0 Å². The van der Waals surface area contributed by atoms with Crippen LogP contribution in [0.5, 0.6) is 5.75 Å². The highest BCUT2D eigenvalue weighted by Crippen LogP contribution is 2.21. The molecule has 1 N–H and O–H groups in total. The van der Waals surface area contributed by atoms with Crippen LogP contribution in [0.4, 0.5) is 0 Å². The fourth-order valence-corrected chi connectivity index (χ4v) is 1.88. The van der Waals surface area contributed by atoms with Crippen LogP contribution in [0.15, 0.2) is 24.3 Å². The average molecular weight is 281 g/mol. The standard InChI is InChI=1S/C15H23NO4/c1-15(2,20-4)14(18)16(9-10-17)11-12-7-5-6-8-13(12)19-3/h5-8,17H,9-11H2,1-4H3. The summed E-state index contributed by atoms with van der Waals surface area (Å²) in [5.41, 5.74) is -0.0271. The second-order valence-corrected chi connectivity index (χ2v) is 4.98. The van der Waals surface area contributed by atoms with E-state index in [-0.39, 0.29) is 19.1 Å². The number of hydrogen-bond donors (Lipinski definition) is 1. The number of para-hydroxylation sites is 1. The van der Waals surface area contributed by atoms with E-state index in [4.69, 9.17) is 14.6 Å². The molecule has 0 aliphatic rings. The Balaban J connectivity index is 2.95. The Morgan fingerprint density at radius 1 is 1.30 bits per heavy atom. The van der Waals surface area contributed by atoms with Crippen molar-refractivity contribution in [3.05, 3.63) is 29.8 Å². The van der Waals surface area contributed by atoms with E-state index in [1.165, 1.54) is 7.11 Å². The van der Waals surface area contributed by atoms with E-state index in [1.54, 1.807) is 25.9 Å². The molecular formula is C15H23NO4. The number of methoxy groups -OCH3 is 2. The van der Waals surface area contributed by atoms with Gasteiger partial charge in [-0.05, 0) is 19.9 Å². The van der Waals surface area contributed by atoms with E-state index in [1.807, 2.05) is 24.3 Å². The molecule has 0 heterocycles. The summed E-state index contributed by atoms with van der Waals surface area (Å²) >= 11 is 0. The van der Waals surface area contributed by atoms with Crippen molar-refractivity contribution in [2.45, 2.75) is 26.0 Å². The number of carbonyl (C=O) groups is 1. The van der Waals surface area contributed by atoms with Crippen LogP contribution in [0.1, 0.15) is 19.4 Å². The van der Waals surface area contributed by atoms with Gasteiger partial charge in [0.25, 0.3) is 5.91 Å². The third-order valence-corrected chi connectivity index (χ3v) is 3.24. The van der Waals surface area contributed by atoms with E-state index in [2.05, 4.69) is 0 Å². The fraction of sp³-hybridized carbons (Fsp3) is 0.533. The molecule has 0 saturated heterocycles. The van der Waals surface area contributed by atoms with Crippen LogP contribution in [0.2, 0.25) is 0 Å². The molecule has 5 heteroatoms. The van der Waals surface area contributed by atoms with Crippen LogP contribution in [0.3, 0.4) is 0 Å². The van der Waals surface area contributed by atoms with Crippen LogP contribution in [0.25, 0.3) is 0 Å². The fourth-order valence-electron chi connectivity index (χ4n) is 1.88. The monoisotopic (exact) mass is 281 g/mol. The lowest BCUT2D eigenvalue weighted by Crippen LogP contribution is -2.47. The molecule has 20 heavy (non-hydrogen) atoms. The molecule has 0 spiro atoms. The molecule has 1 rings (SSSR count). The minimum atomic E-state index is -0.919. The van der Waals surface area contributed by atoms with Gasteiger partial charge in [0.2, 0.25) is 0 Å². The summed E-state index contributed by atoms with van der Waals surface area (Å²) in [6.45, 7) is 3.95. The van der Waals surface area contributed by atoms with Crippen LogP contribution in [-0.2, 0) is 16.1 Å². The van der Waals surface area contributed by atoms with Crippen molar-refractivity contribution in [1.29, 1.82) is 0 Å². The highest BCUT2D eigenvalue weighted by atomic mass is 16.5. The van der Waals surface area contributed by atoms with Crippen molar-refractivity contribution < 1.29 is 19.4 Å². The second-order valence-electron chi connectivity index (χ2n) is 4.98. The highest BCUT2D eigenvalue weighted by Gasteiger charge is 2.31. The number of nitrogens with zero attached hydrogens (tertiary/aromatic N) is 1. The summed E-state index contributed by atoms with van der Waals surface area (Å²) in [6.07, 6.45) is 0. The van der Waals surface area contributed by atoms with Crippen LogP contribution < -0.4 is 4.74 Å². The van der Waals surface area contributed by atoms with Crippen molar-refractivity contribution in [2.24, 2.45) is 0 Å². The number of amides is 1. The Kier molecular flexibility index (Phi) is 5.98. The molecule has 0 bridgehead atoms. The predicted octanol–water partition coefficient (Wildman–Crippen LogP) is 1.44. The topological polar surface area (TPSA) is 59.0 Å². The van der Waals surface area contributed by atoms with Gasteiger partial charge in [-0.1, -0.05) is 18.2 Å². The Morgan fingerprint density at radius 3 is 2.50 bits per heavy atom. The Bertz CT molecular complexity index is 445. The van der Waals surface area contributed by atoms with Crippen molar-refractivity contribution in [1.82, 2.24) is 4.90 Å². The number of hydrogen-bond acceptors (Lipinski definition) is 4. The molecule has 1 aromatic rings. The van der Waals surface area contributed by atoms with Crippen molar-refractivity contribution in [3.63, 3.8) is 0 Å². The van der Waals surface area contributed by atoms with E-state index in [0.29, 0.717) is 6.54 Å². The first-order valence-corrected chi connectivity index (χ1v) is 6.53. The molecule has 0 unspecified atom stereocenters. The van der Waals surface area contributed by atoms with Gasteiger partial charge < -0.3 is 19.5 Å². The summed E-state index contributed by atoms with van der Waals surface area (Å²) in [5.74, 6) is 0.554. The number of aliphatic hydroxyl groups is 1. The maximum Gasteiger partial charge on any atom is 0.254 e. The van der Waals surface area contributed by atoms with E-state index in [0.717, 1.165) is 11.3 Å². The first-order valence-electron chi connectivity index (χ1n) is 6.53. The molecule has 0 atom stereocenters. The molecule has 0 aliphatic heterocycles. The third kappa shape index (κ3) is 3.95. The maximum absolute atomic E-state index is 12.4. The molecule has 1 aromatic carbocycles. The third-order valence-electron chi connectivity index (χ3n) is 3.24. The molecule has 0 aromatic heterocycles. The zero-order chi connectivity index (χ0) is 15.2. The van der Waals surface area contributed by atoms with Gasteiger partial charge in [0, 0.05) is 25.8 Å². The van der Waals surface area contributed by atoms with Crippen molar-refractivity contribution in [3.8, 4) is 5.75 Å². The number of benzene rings is 1. The molecule has 0 fully saturated rings. The Morgan fingerprint density at radius 2 is 1.95 bits per heavy atom. The summed E-state index contributed by atoms with van der Waals surface area (Å²) < 4.78 is 10.5. The number of carbonyl (C=O) groups excluding carboxylic acids is 1. The van der Waals surface area contributed by atoms with E-state index >= 15 is 0 Å².